The quantitative estimate of drug-likeness (QED) is 0.278. The van der Waals surface area contributed by atoms with E-state index >= 15 is 0 Å². The molecule has 0 fully saturated rings. The normalized spacial score (nSPS) is 11.0. The zero-order valence-corrected chi connectivity index (χ0v) is 18.6. The Morgan fingerprint density at radius 3 is 2.67 bits per heavy atom. The van der Waals surface area contributed by atoms with Crippen LogP contribution in [0.25, 0.3) is 21.5 Å². The summed E-state index contributed by atoms with van der Waals surface area (Å²) in [6.45, 7) is 4.07. The smallest absolute Gasteiger partial charge is 0.173 e. The molecule has 0 aliphatic carbocycles. The molecule has 0 bridgehead atoms. The number of ether oxygens (including phenoxy) is 1. The van der Waals surface area contributed by atoms with Crippen LogP contribution in [0.2, 0.25) is 0 Å². The van der Waals surface area contributed by atoms with Gasteiger partial charge in [0.25, 0.3) is 0 Å². The van der Waals surface area contributed by atoms with Crippen molar-refractivity contribution in [2.45, 2.75) is 25.3 Å². The van der Waals surface area contributed by atoms with Gasteiger partial charge in [-0.1, -0.05) is 55.1 Å². The SMILES string of the molecule is CCc1ccc(C(=O)CSc2nnc(-c3cccc(OC)c3)c3sc(C)nc23)cc1. The lowest BCUT2D eigenvalue weighted by Gasteiger charge is -2.07. The highest BCUT2D eigenvalue weighted by atomic mass is 32.2. The molecule has 5 nitrogen and oxygen atoms in total. The van der Waals surface area contributed by atoms with Gasteiger partial charge in [0.05, 0.1) is 22.6 Å². The Labute approximate surface area is 183 Å². The summed E-state index contributed by atoms with van der Waals surface area (Å²) in [5.41, 5.74) is 4.44. The van der Waals surface area contributed by atoms with Gasteiger partial charge >= 0.3 is 0 Å². The number of thiazole rings is 1. The van der Waals surface area contributed by atoms with Crippen LogP contribution in [0, 0.1) is 6.92 Å². The highest BCUT2D eigenvalue weighted by molar-refractivity contribution is 8.00. The minimum Gasteiger partial charge on any atom is -0.497 e. The van der Waals surface area contributed by atoms with Crippen LogP contribution in [0.4, 0.5) is 0 Å². The number of carbonyl (C=O) groups excluding carboxylic acids is 1. The fourth-order valence-electron chi connectivity index (χ4n) is 3.12. The van der Waals surface area contributed by atoms with Crippen molar-refractivity contribution in [2.75, 3.05) is 12.9 Å². The number of hydrogen-bond donors (Lipinski definition) is 0. The van der Waals surface area contributed by atoms with Crippen molar-refractivity contribution in [3.63, 3.8) is 0 Å². The van der Waals surface area contributed by atoms with Gasteiger partial charge < -0.3 is 4.74 Å². The lowest BCUT2D eigenvalue weighted by molar-refractivity contribution is 0.102. The van der Waals surface area contributed by atoms with Gasteiger partial charge in [0, 0.05) is 11.1 Å². The molecule has 0 N–H and O–H groups in total. The summed E-state index contributed by atoms with van der Waals surface area (Å²) in [5.74, 6) is 1.13. The number of fused-ring (bicyclic) bond motifs is 1. The first-order valence-corrected chi connectivity index (χ1v) is 11.4. The van der Waals surface area contributed by atoms with Gasteiger partial charge in [-0.15, -0.1) is 21.5 Å². The number of nitrogens with zero attached hydrogens (tertiary/aromatic N) is 3. The monoisotopic (exact) mass is 435 g/mol. The van der Waals surface area contributed by atoms with Crippen molar-refractivity contribution < 1.29 is 9.53 Å². The van der Waals surface area contributed by atoms with Gasteiger partial charge in [0.1, 0.15) is 22.0 Å². The van der Waals surface area contributed by atoms with Crippen molar-refractivity contribution in [1.82, 2.24) is 15.2 Å². The molecule has 0 atom stereocenters. The molecule has 0 radical (unpaired) electrons. The molecule has 0 amide bonds. The van der Waals surface area contributed by atoms with E-state index in [0.29, 0.717) is 16.3 Å². The fraction of sp³-hybridized carbons (Fsp3) is 0.217. The van der Waals surface area contributed by atoms with Crippen LogP contribution in [-0.2, 0) is 6.42 Å². The summed E-state index contributed by atoms with van der Waals surface area (Å²) < 4.78 is 6.31. The molecule has 0 spiro atoms. The van der Waals surface area contributed by atoms with E-state index in [1.165, 1.54) is 17.3 Å². The fourth-order valence-corrected chi connectivity index (χ4v) is 4.93. The summed E-state index contributed by atoms with van der Waals surface area (Å²) in [6, 6.07) is 15.5. The molecule has 4 aromatic rings. The molecule has 2 heterocycles. The zero-order chi connectivity index (χ0) is 21.1. The lowest BCUT2D eigenvalue weighted by atomic mass is 10.1. The maximum absolute atomic E-state index is 12.6. The Balaban J connectivity index is 1.61. The number of rotatable bonds is 7. The average molecular weight is 436 g/mol. The Bertz CT molecular complexity index is 1200. The van der Waals surface area contributed by atoms with E-state index in [9.17, 15) is 4.79 Å². The van der Waals surface area contributed by atoms with Crippen LogP contribution < -0.4 is 4.74 Å². The summed E-state index contributed by atoms with van der Waals surface area (Å²) in [4.78, 5) is 17.3. The van der Waals surface area contributed by atoms with E-state index in [1.54, 1.807) is 18.4 Å². The van der Waals surface area contributed by atoms with Crippen molar-refractivity contribution in [3.05, 3.63) is 64.7 Å². The predicted molar refractivity (Wildman–Crippen MR) is 123 cm³/mol. The average Bonchev–Trinajstić information content (AvgIpc) is 3.18. The van der Waals surface area contributed by atoms with Gasteiger partial charge in [-0.05, 0) is 31.0 Å². The number of benzene rings is 2. The molecule has 2 aromatic carbocycles. The zero-order valence-electron chi connectivity index (χ0n) is 17.0. The first kappa shape index (κ1) is 20.5. The second-order valence-electron chi connectivity index (χ2n) is 6.76. The largest absolute Gasteiger partial charge is 0.497 e. The van der Waals surface area contributed by atoms with Gasteiger partial charge in [-0.25, -0.2) is 4.98 Å². The molecule has 7 heteroatoms. The van der Waals surface area contributed by atoms with E-state index in [2.05, 4.69) is 22.1 Å². The van der Waals surface area contributed by atoms with Crippen molar-refractivity contribution in [2.24, 2.45) is 0 Å². The van der Waals surface area contributed by atoms with Crippen LogP contribution in [0.1, 0.15) is 27.9 Å². The highest BCUT2D eigenvalue weighted by Gasteiger charge is 2.17. The first-order valence-electron chi connectivity index (χ1n) is 9.62. The van der Waals surface area contributed by atoms with E-state index in [4.69, 9.17) is 4.74 Å². The third-order valence-corrected chi connectivity index (χ3v) is 6.69. The number of carbonyl (C=O) groups is 1. The Hall–Kier alpha value is -2.77. The number of ketones is 1. The summed E-state index contributed by atoms with van der Waals surface area (Å²) >= 11 is 2.97. The molecule has 30 heavy (non-hydrogen) atoms. The number of methoxy groups -OCH3 is 1. The second kappa shape index (κ2) is 8.93. The summed E-state index contributed by atoms with van der Waals surface area (Å²) in [7, 11) is 1.64. The molecular weight excluding hydrogens is 414 g/mol. The number of hydrogen-bond acceptors (Lipinski definition) is 7. The van der Waals surface area contributed by atoms with E-state index in [0.717, 1.165) is 38.7 Å². The predicted octanol–water partition coefficient (Wildman–Crippen LogP) is 5.61. The van der Waals surface area contributed by atoms with Gasteiger partial charge in [-0.2, -0.15) is 0 Å². The van der Waals surface area contributed by atoms with Crippen molar-refractivity contribution in [3.8, 4) is 17.0 Å². The third-order valence-electron chi connectivity index (χ3n) is 4.76. The summed E-state index contributed by atoms with van der Waals surface area (Å²) in [6.07, 6.45) is 0.958. The Kier molecular flexibility index (Phi) is 6.11. The van der Waals surface area contributed by atoms with E-state index in [1.807, 2.05) is 55.5 Å². The van der Waals surface area contributed by atoms with Crippen LogP contribution >= 0.6 is 23.1 Å². The summed E-state index contributed by atoms with van der Waals surface area (Å²) in [5, 5.41) is 10.5. The van der Waals surface area contributed by atoms with Crippen LogP contribution in [0.15, 0.2) is 53.6 Å². The molecule has 0 aliphatic heterocycles. The maximum Gasteiger partial charge on any atom is 0.173 e. The minimum atomic E-state index is 0.0708. The number of aromatic nitrogens is 3. The maximum atomic E-state index is 12.6. The Morgan fingerprint density at radius 1 is 1.13 bits per heavy atom. The highest BCUT2D eigenvalue weighted by Crippen LogP contribution is 2.36. The topological polar surface area (TPSA) is 65.0 Å². The standard InChI is InChI=1S/C23H21N3O2S2/c1-4-15-8-10-16(11-9-15)19(27)13-29-23-21-22(30-14(2)24-21)20(25-26-23)17-6-5-7-18(12-17)28-3/h5-12H,4,13H2,1-3H3. The minimum absolute atomic E-state index is 0.0708. The van der Waals surface area contributed by atoms with Crippen LogP contribution in [0.5, 0.6) is 5.75 Å². The number of Topliss-reactive ketones (excluding diaryl/α,β-unsaturated/α-hetero) is 1. The van der Waals surface area contributed by atoms with Gasteiger partial charge in [-0.3, -0.25) is 4.79 Å². The van der Waals surface area contributed by atoms with Crippen molar-refractivity contribution >= 4 is 39.1 Å². The molecular formula is C23H21N3O2S2. The molecule has 152 valence electrons. The lowest BCUT2D eigenvalue weighted by Crippen LogP contribution is -2.03. The van der Waals surface area contributed by atoms with Gasteiger partial charge in [0.2, 0.25) is 0 Å². The molecule has 0 saturated carbocycles. The molecule has 0 unspecified atom stereocenters. The van der Waals surface area contributed by atoms with Crippen LogP contribution in [0.3, 0.4) is 0 Å². The van der Waals surface area contributed by atoms with Crippen molar-refractivity contribution in [1.29, 1.82) is 0 Å². The number of thioether (sulfide) groups is 1. The van der Waals surface area contributed by atoms with Gasteiger partial charge in [0.15, 0.2) is 5.78 Å². The molecule has 2 aromatic heterocycles. The Morgan fingerprint density at radius 2 is 1.93 bits per heavy atom. The molecule has 0 aliphatic rings. The second-order valence-corrected chi connectivity index (χ2v) is 8.93. The third kappa shape index (κ3) is 4.22. The first-order chi connectivity index (χ1) is 14.6. The molecule has 0 saturated heterocycles. The van der Waals surface area contributed by atoms with E-state index < -0.39 is 0 Å². The van der Waals surface area contributed by atoms with Crippen LogP contribution in [-0.4, -0.2) is 33.8 Å². The molecule has 4 rings (SSSR count). The van der Waals surface area contributed by atoms with E-state index in [-0.39, 0.29) is 5.78 Å². The number of aryl methyl sites for hydroxylation is 2.